The molecule has 2 heterocycles. The number of nitrogens with one attached hydrogen (secondary N) is 1. The molecule has 122 valence electrons. The molecule has 0 bridgehead atoms. The summed E-state index contributed by atoms with van der Waals surface area (Å²) >= 11 is 5.29. The summed E-state index contributed by atoms with van der Waals surface area (Å²) in [6.45, 7) is 3.86. The SMILES string of the molecule is O=C(NCCN1CCC(c2cccs2)CC1)c1ccccc1Br. The van der Waals surface area contributed by atoms with Gasteiger partial charge in [0.05, 0.1) is 5.56 Å². The van der Waals surface area contributed by atoms with Crippen molar-refractivity contribution in [3.05, 3.63) is 56.7 Å². The molecule has 23 heavy (non-hydrogen) atoms. The number of piperidine rings is 1. The van der Waals surface area contributed by atoms with Crippen molar-refractivity contribution in [1.29, 1.82) is 0 Å². The lowest BCUT2D eigenvalue weighted by Crippen LogP contribution is -2.39. The van der Waals surface area contributed by atoms with Crippen LogP contribution in [-0.4, -0.2) is 37.0 Å². The first kappa shape index (κ1) is 16.7. The Morgan fingerprint density at radius 3 is 2.70 bits per heavy atom. The molecule has 0 unspecified atom stereocenters. The van der Waals surface area contributed by atoms with Crippen molar-refractivity contribution in [2.24, 2.45) is 0 Å². The first-order valence-electron chi connectivity index (χ1n) is 8.02. The molecule has 1 aromatic carbocycles. The number of hydrogen-bond acceptors (Lipinski definition) is 3. The molecule has 0 saturated carbocycles. The van der Waals surface area contributed by atoms with E-state index in [-0.39, 0.29) is 5.91 Å². The zero-order valence-electron chi connectivity index (χ0n) is 13.0. The topological polar surface area (TPSA) is 32.3 Å². The number of amides is 1. The summed E-state index contributed by atoms with van der Waals surface area (Å²) in [7, 11) is 0. The number of halogens is 1. The Morgan fingerprint density at radius 2 is 2.00 bits per heavy atom. The number of benzene rings is 1. The van der Waals surface area contributed by atoms with Crippen LogP contribution >= 0.6 is 27.3 Å². The summed E-state index contributed by atoms with van der Waals surface area (Å²) in [6.07, 6.45) is 2.44. The second-order valence-corrected chi connectivity index (χ2v) is 7.70. The van der Waals surface area contributed by atoms with Crippen molar-refractivity contribution in [1.82, 2.24) is 10.2 Å². The van der Waals surface area contributed by atoms with Gasteiger partial charge in [0, 0.05) is 22.4 Å². The molecule has 1 aliphatic rings. The van der Waals surface area contributed by atoms with Crippen LogP contribution < -0.4 is 5.32 Å². The molecule has 1 amide bonds. The molecule has 2 aromatic rings. The molecule has 1 aliphatic heterocycles. The minimum atomic E-state index is -0.00838. The van der Waals surface area contributed by atoms with Gasteiger partial charge in [-0.3, -0.25) is 4.79 Å². The van der Waals surface area contributed by atoms with Crippen molar-refractivity contribution >= 4 is 33.2 Å². The van der Waals surface area contributed by atoms with Crippen LogP contribution in [-0.2, 0) is 0 Å². The quantitative estimate of drug-likeness (QED) is 0.829. The van der Waals surface area contributed by atoms with Gasteiger partial charge in [-0.1, -0.05) is 18.2 Å². The maximum absolute atomic E-state index is 12.2. The van der Waals surface area contributed by atoms with E-state index in [1.165, 1.54) is 17.7 Å². The van der Waals surface area contributed by atoms with Crippen LogP contribution in [0.3, 0.4) is 0 Å². The third kappa shape index (κ3) is 4.43. The molecule has 0 spiro atoms. The van der Waals surface area contributed by atoms with Crippen molar-refractivity contribution in [3.8, 4) is 0 Å². The Hall–Kier alpha value is -1.17. The highest BCUT2D eigenvalue weighted by Crippen LogP contribution is 2.30. The number of carbonyl (C=O) groups is 1. The fourth-order valence-electron chi connectivity index (χ4n) is 3.03. The minimum absolute atomic E-state index is 0.00838. The predicted octanol–water partition coefficient (Wildman–Crippen LogP) is 4.12. The molecule has 3 rings (SSSR count). The van der Waals surface area contributed by atoms with Crippen molar-refractivity contribution in [3.63, 3.8) is 0 Å². The fourth-order valence-corrected chi connectivity index (χ4v) is 4.40. The lowest BCUT2D eigenvalue weighted by atomic mass is 9.95. The first-order valence-corrected chi connectivity index (χ1v) is 9.70. The van der Waals surface area contributed by atoms with Crippen LogP contribution in [0.25, 0.3) is 0 Å². The molecule has 3 nitrogen and oxygen atoms in total. The standard InChI is InChI=1S/C18H21BrN2OS/c19-16-5-2-1-4-15(16)18(22)20-9-12-21-10-7-14(8-11-21)17-6-3-13-23-17/h1-6,13-14H,7-12H2,(H,20,22). The van der Waals surface area contributed by atoms with Crippen LogP contribution in [0.2, 0.25) is 0 Å². The highest BCUT2D eigenvalue weighted by Gasteiger charge is 2.21. The number of nitrogens with zero attached hydrogens (tertiary/aromatic N) is 1. The summed E-state index contributed by atoms with van der Waals surface area (Å²) in [5.74, 6) is 0.715. The smallest absolute Gasteiger partial charge is 0.252 e. The van der Waals surface area contributed by atoms with Gasteiger partial charge in [-0.2, -0.15) is 0 Å². The van der Waals surface area contributed by atoms with Crippen LogP contribution in [0.4, 0.5) is 0 Å². The highest BCUT2D eigenvalue weighted by molar-refractivity contribution is 9.10. The zero-order chi connectivity index (χ0) is 16.1. The third-order valence-corrected chi connectivity index (χ3v) is 6.09. The molecular weight excluding hydrogens is 372 g/mol. The van der Waals surface area contributed by atoms with Crippen molar-refractivity contribution < 1.29 is 4.79 Å². The highest BCUT2D eigenvalue weighted by atomic mass is 79.9. The molecule has 5 heteroatoms. The van der Waals surface area contributed by atoms with E-state index in [1.807, 2.05) is 35.6 Å². The van der Waals surface area contributed by atoms with Gasteiger partial charge < -0.3 is 10.2 Å². The number of thiophene rings is 1. The molecule has 0 atom stereocenters. The Kier molecular flexibility index (Phi) is 5.86. The van der Waals surface area contributed by atoms with Crippen LogP contribution in [0.5, 0.6) is 0 Å². The first-order chi connectivity index (χ1) is 11.2. The summed E-state index contributed by atoms with van der Waals surface area (Å²) < 4.78 is 0.842. The Balaban J connectivity index is 1.40. The second kappa shape index (κ2) is 8.08. The largest absolute Gasteiger partial charge is 0.351 e. The average Bonchev–Trinajstić information content (AvgIpc) is 3.10. The van der Waals surface area contributed by atoms with E-state index in [9.17, 15) is 4.79 Å². The Labute approximate surface area is 149 Å². The summed E-state index contributed by atoms with van der Waals surface area (Å²) in [6, 6.07) is 11.9. The molecule has 1 saturated heterocycles. The number of hydrogen-bond donors (Lipinski definition) is 1. The molecule has 1 N–H and O–H groups in total. The number of likely N-dealkylation sites (tertiary alicyclic amines) is 1. The van der Waals surface area contributed by atoms with Gasteiger partial charge in [-0.05, 0) is 71.4 Å². The van der Waals surface area contributed by atoms with E-state index in [1.54, 1.807) is 0 Å². The van der Waals surface area contributed by atoms with E-state index >= 15 is 0 Å². The van der Waals surface area contributed by atoms with Crippen molar-refractivity contribution in [2.75, 3.05) is 26.2 Å². The Morgan fingerprint density at radius 1 is 1.22 bits per heavy atom. The second-order valence-electron chi connectivity index (χ2n) is 5.87. The van der Waals surface area contributed by atoms with Crippen molar-refractivity contribution in [2.45, 2.75) is 18.8 Å². The van der Waals surface area contributed by atoms with E-state index in [2.05, 4.69) is 43.7 Å². The van der Waals surface area contributed by atoms with Gasteiger partial charge in [-0.25, -0.2) is 0 Å². The van der Waals surface area contributed by atoms with Gasteiger partial charge in [0.1, 0.15) is 0 Å². The van der Waals surface area contributed by atoms with Crippen LogP contribution in [0, 0.1) is 0 Å². The molecule has 1 fully saturated rings. The maximum Gasteiger partial charge on any atom is 0.252 e. The van der Waals surface area contributed by atoms with E-state index in [0.717, 1.165) is 30.0 Å². The summed E-state index contributed by atoms with van der Waals surface area (Å²) in [4.78, 5) is 16.1. The summed E-state index contributed by atoms with van der Waals surface area (Å²) in [5, 5.41) is 5.18. The van der Waals surface area contributed by atoms with E-state index in [0.29, 0.717) is 12.1 Å². The van der Waals surface area contributed by atoms with Gasteiger partial charge in [0.15, 0.2) is 0 Å². The average molecular weight is 393 g/mol. The monoisotopic (exact) mass is 392 g/mol. The van der Waals surface area contributed by atoms with E-state index in [4.69, 9.17) is 0 Å². The third-order valence-electron chi connectivity index (χ3n) is 4.37. The summed E-state index contributed by atoms with van der Waals surface area (Å²) in [5.41, 5.74) is 0.698. The molecule has 1 aromatic heterocycles. The molecule has 0 aliphatic carbocycles. The molecular formula is C18H21BrN2OS. The lowest BCUT2D eigenvalue weighted by Gasteiger charge is -2.31. The van der Waals surface area contributed by atoms with Crippen LogP contribution in [0.15, 0.2) is 46.3 Å². The van der Waals surface area contributed by atoms with Crippen LogP contribution in [0.1, 0.15) is 34.0 Å². The Bertz CT molecular complexity index is 636. The zero-order valence-corrected chi connectivity index (χ0v) is 15.4. The van der Waals surface area contributed by atoms with Gasteiger partial charge in [0.2, 0.25) is 0 Å². The van der Waals surface area contributed by atoms with Gasteiger partial charge >= 0.3 is 0 Å². The van der Waals surface area contributed by atoms with Gasteiger partial charge in [-0.15, -0.1) is 11.3 Å². The number of carbonyl (C=O) groups excluding carboxylic acids is 1. The normalized spacial score (nSPS) is 16.4. The lowest BCUT2D eigenvalue weighted by molar-refractivity contribution is 0.0945. The van der Waals surface area contributed by atoms with E-state index < -0.39 is 0 Å². The minimum Gasteiger partial charge on any atom is -0.351 e. The number of rotatable bonds is 5. The predicted molar refractivity (Wildman–Crippen MR) is 99.2 cm³/mol. The maximum atomic E-state index is 12.2. The van der Waals surface area contributed by atoms with Gasteiger partial charge in [0.25, 0.3) is 5.91 Å². The fraction of sp³-hybridized carbons (Fsp3) is 0.389. The molecule has 0 radical (unpaired) electrons.